The molecule has 0 amide bonds. The van der Waals surface area contributed by atoms with Gasteiger partial charge in [0, 0.05) is 0 Å². The fraction of sp³-hybridized carbons (Fsp3) is 1.00. The van der Waals surface area contributed by atoms with E-state index in [4.69, 9.17) is 9.05 Å². The van der Waals surface area contributed by atoms with Gasteiger partial charge in [-0.25, -0.2) is 8.42 Å². The van der Waals surface area contributed by atoms with Crippen molar-refractivity contribution in [3.8, 4) is 0 Å². The Balaban J connectivity index is 4.14. The Labute approximate surface area is 78.9 Å². The molecule has 0 unspecified atom stereocenters. The van der Waals surface area contributed by atoms with Crippen molar-refractivity contribution in [2.24, 2.45) is 0 Å². The highest BCUT2D eigenvalue weighted by molar-refractivity contribution is 7.67. The first-order chi connectivity index (χ1) is 6.04. The van der Waals surface area contributed by atoms with Crippen LogP contribution in [-0.4, -0.2) is 28.0 Å². The largest absolute Gasteiger partial charge is 0.357 e. The van der Waals surface area contributed by atoms with Gasteiger partial charge in [-0.15, -0.1) is 0 Å². The second-order valence-corrected chi connectivity index (χ2v) is 4.63. The maximum absolute atomic E-state index is 11.5. The van der Waals surface area contributed by atoms with Gasteiger partial charge in [0.2, 0.25) is 0 Å². The summed E-state index contributed by atoms with van der Waals surface area (Å²) in [6.45, 7) is 3.61. The Hall–Kier alpha value is 0.0600. The maximum Gasteiger partial charge on any atom is 0.357 e. The van der Waals surface area contributed by atoms with Gasteiger partial charge in [0.05, 0.1) is 13.2 Å². The summed E-state index contributed by atoms with van der Waals surface area (Å²) in [5, 5.41) is 0. The van der Waals surface area contributed by atoms with Crippen molar-refractivity contribution in [1.82, 2.24) is 0 Å². The Kier molecular flexibility index (Phi) is 6.53. The zero-order valence-electron chi connectivity index (χ0n) is 7.47. The minimum atomic E-state index is -3.38. The molecule has 0 aromatic heterocycles. The van der Waals surface area contributed by atoms with Crippen LogP contribution in [0.3, 0.4) is 0 Å². The standard InChI is InChI=1S/C5H13O6PS/c1-3-9-12(6,10-4-2)5-11-13(7)8/h13H,3-5H2,1-2H3. The highest BCUT2D eigenvalue weighted by Crippen LogP contribution is 2.47. The van der Waals surface area contributed by atoms with Crippen LogP contribution in [0.5, 0.6) is 0 Å². The molecule has 0 spiro atoms. The molecular weight excluding hydrogens is 219 g/mol. The monoisotopic (exact) mass is 232 g/mol. The van der Waals surface area contributed by atoms with E-state index in [2.05, 4.69) is 4.18 Å². The van der Waals surface area contributed by atoms with Crippen molar-refractivity contribution in [3.05, 3.63) is 0 Å². The minimum absolute atomic E-state index is 0.177. The van der Waals surface area contributed by atoms with E-state index in [-0.39, 0.29) is 13.2 Å². The topological polar surface area (TPSA) is 78.9 Å². The highest BCUT2D eigenvalue weighted by atomic mass is 32.2. The summed E-state index contributed by atoms with van der Waals surface area (Å²) in [5.74, 6) is 0. The normalized spacial score (nSPS) is 12.2. The molecule has 8 heteroatoms. The van der Waals surface area contributed by atoms with Gasteiger partial charge in [0.1, 0.15) is 0 Å². The summed E-state index contributed by atoms with van der Waals surface area (Å²) < 4.78 is 45.2. The maximum atomic E-state index is 11.5. The average molecular weight is 232 g/mol. The van der Waals surface area contributed by atoms with Crippen LogP contribution in [0.1, 0.15) is 13.8 Å². The van der Waals surface area contributed by atoms with Crippen LogP contribution in [0.4, 0.5) is 0 Å². The summed E-state index contributed by atoms with van der Waals surface area (Å²) >= 11 is 0. The molecule has 0 aliphatic rings. The predicted molar refractivity (Wildman–Crippen MR) is 47.1 cm³/mol. The van der Waals surface area contributed by atoms with E-state index in [0.29, 0.717) is 0 Å². The van der Waals surface area contributed by atoms with E-state index < -0.39 is 24.9 Å². The summed E-state index contributed by atoms with van der Waals surface area (Å²) in [7, 11) is -6.40. The molecule has 0 aliphatic carbocycles. The summed E-state index contributed by atoms with van der Waals surface area (Å²) in [5.41, 5.74) is 0. The molecule has 0 aromatic carbocycles. The van der Waals surface area contributed by atoms with Crippen LogP contribution < -0.4 is 0 Å². The fourth-order valence-electron chi connectivity index (χ4n) is 0.623. The lowest BCUT2D eigenvalue weighted by Gasteiger charge is -2.14. The first-order valence-electron chi connectivity index (χ1n) is 3.69. The predicted octanol–water partition coefficient (Wildman–Crippen LogP) is 0.753. The van der Waals surface area contributed by atoms with Crippen LogP contribution in [0, 0.1) is 0 Å². The van der Waals surface area contributed by atoms with E-state index >= 15 is 0 Å². The highest BCUT2D eigenvalue weighted by Gasteiger charge is 2.24. The third-order valence-electron chi connectivity index (χ3n) is 0.973. The van der Waals surface area contributed by atoms with Crippen LogP contribution in [0.25, 0.3) is 0 Å². The fourth-order valence-corrected chi connectivity index (χ4v) is 2.58. The van der Waals surface area contributed by atoms with Gasteiger partial charge in [0.15, 0.2) is 6.35 Å². The third-order valence-corrected chi connectivity index (χ3v) is 3.26. The van der Waals surface area contributed by atoms with Gasteiger partial charge in [0.25, 0.3) is 11.0 Å². The Morgan fingerprint density at radius 2 is 1.62 bits per heavy atom. The first kappa shape index (κ1) is 13.1. The van der Waals surface area contributed by atoms with Gasteiger partial charge in [-0.3, -0.25) is 8.75 Å². The van der Waals surface area contributed by atoms with E-state index in [1.54, 1.807) is 13.8 Å². The number of hydrogen-bond acceptors (Lipinski definition) is 6. The van der Waals surface area contributed by atoms with Crippen molar-refractivity contribution in [2.45, 2.75) is 13.8 Å². The van der Waals surface area contributed by atoms with Crippen molar-refractivity contribution in [1.29, 1.82) is 0 Å². The van der Waals surface area contributed by atoms with Crippen LogP contribution in [0.15, 0.2) is 0 Å². The summed E-state index contributed by atoms with van der Waals surface area (Å²) in [6.07, 6.45) is -0.562. The van der Waals surface area contributed by atoms with Crippen molar-refractivity contribution < 1.29 is 26.2 Å². The first-order valence-corrected chi connectivity index (χ1v) is 6.52. The van der Waals surface area contributed by atoms with Crippen molar-refractivity contribution in [2.75, 3.05) is 19.6 Å². The summed E-state index contributed by atoms with van der Waals surface area (Å²) in [6, 6.07) is 0. The molecule has 0 N–H and O–H groups in total. The molecule has 0 aromatic rings. The van der Waals surface area contributed by atoms with Crippen LogP contribution in [0.2, 0.25) is 0 Å². The number of hydrogen-bond donors (Lipinski definition) is 1. The Morgan fingerprint density at radius 3 is 1.92 bits per heavy atom. The number of rotatable bonds is 7. The smallest absolute Gasteiger partial charge is 0.307 e. The molecule has 0 aliphatic heterocycles. The lowest BCUT2D eigenvalue weighted by molar-refractivity contribution is 0.199. The van der Waals surface area contributed by atoms with E-state index in [1.165, 1.54) is 0 Å². The molecule has 0 rings (SSSR count). The Bertz CT molecular complexity index is 231. The quantitative estimate of drug-likeness (QED) is 0.515. The molecule has 0 radical (unpaired) electrons. The van der Waals surface area contributed by atoms with E-state index in [9.17, 15) is 13.0 Å². The van der Waals surface area contributed by atoms with E-state index in [0.717, 1.165) is 0 Å². The molecule has 0 heterocycles. The molecule has 80 valence electrons. The second kappa shape index (κ2) is 6.50. The molecule has 0 saturated heterocycles. The number of thiol groups is 1. The van der Waals surface area contributed by atoms with Gasteiger partial charge in [-0.05, 0) is 13.8 Å². The van der Waals surface area contributed by atoms with E-state index in [1.807, 2.05) is 0 Å². The molecule has 0 atom stereocenters. The van der Waals surface area contributed by atoms with Gasteiger partial charge < -0.3 is 9.05 Å². The molecule has 6 nitrogen and oxygen atoms in total. The Morgan fingerprint density at radius 1 is 1.15 bits per heavy atom. The zero-order valence-corrected chi connectivity index (χ0v) is 9.25. The molecular formula is C5H13O6PS. The van der Waals surface area contributed by atoms with Gasteiger partial charge >= 0.3 is 7.60 Å². The summed E-state index contributed by atoms with van der Waals surface area (Å²) in [4.78, 5) is 0. The van der Waals surface area contributed by atoms with Crippen LogP contribution >= 0.6 is 7.60 Å². The van der Waals surface area contributed by atoms with Gasteiger partial charge in [-0.1, -0.05) is 0 Å². The van der Waals surface area contributed by atoms with Crippen molar-refractivity contribution >= 4 is 18.6 Å². The zero-order chi connectivity index (χ0) is 10.3. The lowest BCUT2D eigenvalue weighted by Crippen LogP contribution is -2.02. The average Bonchev–Trinajstić information content (AvgIpc) is 2.02. The lowest BCUT2D eigenvalue weighted by atomic mass is 10.9. The molecule has 0 fully saturated rings. The third kappa shape index (κ3) is 6.17. The van der Waals surface area contributed by atoms with Gasteiger partial charge in [-0.2, -0.15) is 0 Å². The SMILES string of the molecule is CCOP(=O)(CO[SH](=O)=O)OCC. The molecule has 0 saturated carbocycles. The molecule has 0 bridgehead atoms. The second-order valence-electron chi connectivity index (χ2n) is 1.93. The minimum Gasteiger partial charge on any atom is -0.307 e. The van der Waals surface area contributed by atoms with Crippen molar-refractivity contribution in [3.63, 3.8) is 0 Å². The molecule has 13 heavy (non-hydrogen) atoms. The van der Waals surface area contributed by atoms with Crippen LogP contribution in [-0.2, 0) is 28.8 Å².